The molecule has 3 nitrogen and oxygen atoms in total. The van der Waals surface area contributed by atoms with Crippen molar-refractivity contribution >= 4 is 18.5 Å². The van der Waals surface area contributed by atoms with Gasteiger partial charge in [0, 0.05) is 17.5 Å². The van der Waals surface area contributed by atoms with Crippen LogP contribution in [0.5, 0.6) is 0 Å². The number of hydrogen-bond acceptors (Lipinski definition) is 3. The first-order valence-corrected chi connectivity index (χ1v) is 7.88. The van der Waals surface area contributed by atoms with Crippen molar-refractivity contribution in [2.75, 3.05) is 19.6 Å². The molecule has 1 aromatic rings. The molecule has 1 atom stereocenters. The lowest BCUT2D eigenvalue weighted by molar-refractivity contribution is -0.121. The first kappa shape index (κ1) is 15.4. The molecule has 0 radical (unpaired) electrons. The van der Waals surface area contributed by atoms with Gasteiger partial charge in [-0.3, -0.25) is 4.79 Å². The number of benzene rings is 1. The molecule has 0 spiro atoms. The summed E-state index contributed by atoms with van der Waals surface area (Å²) in [7, 11) is 0. The molecular formula is C16H24N2OS. The molecule has 1 aliphatic heterocycles. The summed E-state index contributed by atoms with van der Waals surface area (Å²) < 4.78 is 0. The molecule has 1 aliphatic rings. The first-order chi connectivity index (χ1) is 9.63. The first-order valence-electron chi connectivity index (χ1n) is 7.43. The molecule has 0 aromatic heterocycles. The fraction of sp³-hybridized carbons (Fsp3) is 0.562. The summed E-state index contributed by atoms with van der Waals surface area (Å²) >= 11 is 4.25. The second-order valence-corrected chi connectivity index (χ2v) is 6.19. The molecule has 1 amide bonds. The summed E-state index contributed by atoms with van der Waals surface area (Å²) in [6.07, 6.45) is 4.37. The van der Waals surface area contributed by atoms with Gasteiger partial charge in [0.05, 0.1) is 6.42 Å². The third-order valence-corrected chi connectivity index (χ3v) is 3.99. The van der Waals surface area contributed by atoms with Crippen LogP contribution in [0.25, 0.3) is 0 Å². The molecule has 1 N–H and O–H groups in total. The lowest BCUT2D eigenvalue weighted by Crippen LogP contribution is -2.44. The van der Waals surface area contributed by atoms with Crippen LogP contribution in [-0.4, -0.2) is 36.5 Å². The predicted octanol–water partition coefficient (Wildman–Crippen LogP) is 2.51. The Kier molecular flexibility index (Phi) is 5.92. The average molecular weight is 292 g/mol. The molecule has 0 aliphatic carbocycles. The van der Waals surface area contributed by atoms with Crippen molar-refractivity contribution in [3.8, 4) is 0 Å². The highest BCUT2D eigenvalue weighted by Gasteiger charge is 2.14. The number of nitrogens with one attached hydrogen (secondary N) is 1. The van der Waals surface area contributed by atoms with Gasteiger partial charge in [-0.15, -0.1) is 12.6 Å². The Morgan fingerprint density at radius 1 is 1.25 bits per heavy atom. The monoisotopic (exact) mass is 292 g/mol. The maximum atomic E-state index is 12.0. The highest BCUT2D eigenvalue weighted by atomic mass is 32.1. The molecule has 20 heavy (non-hydrogen) atoms. The number of thiol groups is 1. The molecule has 1 unspecified atom stereocenters. The summed E-state index contributed by atoms with van der Waals surface area (Å²) in [5.41, 5.74) is 1.03. The zero-order valence-electron chi connectivity index (χ0n) is 12.1. The molecule has 1 saturated heterocycles. The quantitative estimate of drug-likeness (QED) is 0.817. The SMILES string of the molecule is CC(CN1CCCCC1)NC(=O)Cc1ccc(S)cc1. The van der Waals surface area contributed by atoms with E-state index in [1.807, 2.05) is 24.3 Å². The predicted molar refractivity (Wildman–Crippen MR) is 85.3 cm³/mol. The minimum atomic E-state index is 0.0985. The highest BCUT2D eigenvalue weighted by molar-refractivity contribution is 7.80. The number of carbonyl (C=O) groups excluding carboxylic acids is 1. The topological polar surface area (TPSA) is 32.3 Å². The van der Waals surface area contributed by atoms with Gasteiger partial charge < -0.3 is 10.2 Å². The third-order valence-electron chi connectivity index (χ3n) is 3.69. The van der Waals surface area contributed by atoms with Gasteiger partial charge in [-0.1, -0.05) is 18.6 Å². The van der Waals surface area contributed by atoms with Gasteiger partial charge in [-0.2, -0.15) is 0 Å². The highest BCUT2D eigenvalue weighted by Crippen LogP contribution is 2.10. The molecule has 1 aromatic carbocycles. The van der Waals surface area contributed by atoms with Crippen LogP contribution in [0.4, 0.5) is 0 Å². The van der Waals surface area contributed by atoms with Crippen LogP contribution in [0.15, 0.2) is 29.2 Å². The number of hydrogen-bond donors (Lipinski definition) is 2. The van der Waals surface area contributed by atoms with E-state index in [9.17, 15) is 4.79 Å². The fourth-order valence-corrected chi connectivity index (χ4v) is 2.85. The summed E-state index contributed by atoms with van der Waals surface area (Å²) in [4.78, 5) is 15.4. The van der Waals surface area contributed by atoms with E-state index in [1.54, 1.807) is 0 Å². The molecule has 4 heteroatoms. The van der Waals surface area contributed by atoms with Gasteiger partial charge in [0.25, 0.3) is 0 Å². The van der Waals surface area contributed by atoms with Crippen LogP contribution in [0, 0.1) is 0 Å². The number of nitrogens with zero attached hydrogens (tertiary/aromatic N) is 1. The molecule has 2 rings (SSSR count). The van der Waals surface area contributed by atoms with Gasteiger partial charge >= 0.3 is 0 Å². The van der Waals surface area contributed by atoms with E-state index in [0.717, 1.165) is 17.0 Å². The Labute approximate surface area is 127 Å². The standard InChI is InChI=1S/C16H24N2OS/c1-13(12-18-9-3-2-4-10-18)17-16(19)11-14-5-7-15(20)8-6-14/h5-8,13,20H,2-4,9-12H2,1H3,(H,17,19). The Morgan fingerprint density at radius 3 is 2.55 bits per heavy atom. The maximum absolute atomic E-state index is 12.0. The van der Waals surface area contributed by atoms with E-state index in [4.69, 9.17) is 0 Å². The normalized spacial score (nSPS) is 17.7. The van der Waals surface area contributed by atoms with E-state index in [2.05, 4.69) is 29.8 Å². The van der Waals surface area contributed by atoms with Crippen molar-refractivity contribution in [1.29, 1.82) is 0 Å². The van der Waals surface area contributed by atoms with E-state index in [-0.39, 0.29) is 11.9 Å². The lowest BCUT2D eigenvalue weighted by Gasteiger charge is -2.29. The third kappa shape index (κ3) is 5.17. The van der Waals surface area contributed by atoms with Crippen molar-refractivity contribution in [3.05, 3.63) is 29.8 Å². The molecular weight excluding hydrogens is 268 g/mol. The number of rotatable bonds is 5. The average Bonchev–Trinajstić information content (AvgIpc) is 2.42. The van der Waals surface area contributed by atoms with E-state index < -0.39 is 0 Å². The van der Waals surface area contributed by atoms with E-state index >= 15 is 0 Å². The summed E-state index contributed by atoms with van der Waals surface area (Å²) in [6.45, 7) is 5.39. The van der Waals surface area contributed by atoms with Gasteiger partial charge in [0.2, 0.25) is 5.91 Å². The van der Waals surface area contributed by atoms with Crippen LogP contribution in [0.3, 0.4) is 0 Å². The van der Waals surface area contributed by atoms with Crippen LogP contribution >= 0.6 is 12.6 Å². The number of carbonyl (C=O) groups is 1. The number of amides is 1. The Hall–Kier alpha value is -1.00. The summed E-state index contributed by atoms with van der Waals surface area (Å²) in [5, 5.41) is 3.09. The molecule has 110 valence electrons. The zero-order valence-corrected chi connectivity index (χ0v) is 13.0. The minimum absolute atomic E-state index is 0.0985. The van der Waals surface area contributed by atoms with Crippen molar-refractivity contribution in [2.24, 2.45) is 0 Å². The van der Waals surface area contributed by atoms with E-state index in [0.29, 0.717) is 6.42 Å². The van der Waals surface area contributed by atoms with Gasteiger partial charge in [0.1, 0.15) is 0 Å². The molecule has 1 fully saturated rings. The Bertz CT molecular complexity index is 427. The Morgan fingerprint density at radius 2 is 1.90 bits per heavy atom. The van der Waals surface area contributed by atoms with Gasteiger partial charge in [0.15, 0.2) is 0 Å². The van der Waals surface area contributed by atoms with Gasteiger partial charge in [-0.05, 0) is 50.6 Å². The number of piperidine rings is 1. The van der Waals surface area contributed by atoms with E-state index in [1.165, 1.54) is 32.4 Å². The lowest BCUT2D eigenvalue weighted by atomic mass is 10.1. The van der Waals surface area contributed by atoms with Gasteiger partial charge in [-0.25, -0.2) is 0 Å². The molecule has 1 heterocycles. The van der Waals surface area contributed by atoms with Crippen molar-refractivity contribution < 1.29 is 4.79 Å². The van der Waals surface area contributed by atoms with Crippen molar-refractivity contribution in [1.82, 2.24) is 10.2 Å². The number of likely N-dealkylation sites (tertiary alicyclic amines) is 1. The second kappa shape index (κ2) is 7.70. The van der Waals surface area contributed by atoms with Crippen LogP contribution in [-0.2, 0) is 11.2 Å². The zero-order chi connectivity index (χ0) is 14.4. The largest absolute Gasteiger partial charge is 0.352 e. The smallest absolute Gasteiger partial charge is 0.224 e. The van der Waals surface area contributed by atoms with Crippen LogP contribution < -0.4 is 5.32 Å². The second-order valence-electron chi connectivity index (χ2n) is 5.67. The maximum Gasteiger partial charge on any atom is 0.224 e. The minimum Gasteiger partial charge on any atom is -0.352 e. The van der Waals surface area contributed by atoms with Crippen molar-refractivity contribution in [2.45, 2.75) is 43.5 Å². The summed E-state index contributed by atoms with van der Waals surface area (Å²) in [5.74, 6) is 0.0985. The van der Waals surface area contributed by atoms with Crippen LogP contribution in [0.1, 0.15) is 31.7 Å². The van der Waals surface area contributed by atoms with Crippen LogP contribution in [0.2, 0.25) is 0 Å². The Balaban J connectivity index is 1.74. The molecule has 0 bridgehead atoms. The summed E-state index contributed by atoms with van der Waals surface area (Å²) in [6, 6.07) is 7.96. The van der Waals surface area contributed by atoms with Crippen molar-refractivity contribution in [3.63, 3.8) is 0 Å². The fourth-order valence-electron chi connectivity index (χ4n) is 2.70. The molecule has 0 saturated carbocycles.